The fourth-order valence-corrected chi connectivity index (χ4v) is 1.89. The average molecular weight is 256 g/mol. The lowest BCUT2D eigenvalue weighted by atomic mass is 10.1. The van der Waals surface area contributed by atoms with Gasteiger partial charge in [0.2, 0.25) is 5.88 Å². The summed E-state index contributed by atoms with van der Waals surface area (Å²) in [6, 6.07) is 14.4. The number of ether oxygens (including phenoxy) is 1. The first-order valence-electron chi connectivity index (χ1n) is 6.75. The van der Waals surface area contributed by atoms with Crippen molar-refractivity contribution >= 4 is 5.69 Å². The highest BCUT2D eigenvalue weighted by Crippen LogP contribution is 2.11. The van der Waals surface area contributed by atoms with Gasteiger partial charge in [0.1, 0.15) is 0 Å². The van der Waals surface area contributed by atoms with Crippen LogP contribution in [0.1, 0.15) is 18.9 Å². The van der Waals surface area contributed by atoms with Crippen molar-refractivity contribution in [3.8, 4) is 5.88 Å². The van der Waals surface area contributed by atoms with E-state index in [0.29, 0.717) is 12.5 Å². The molecule has 0 aliphatic heterocycles. The van der Waals surface area contributed by atoms with Crippen molar-refractivity contribution in [2.45, 2.75) is 19.8 Å². The SMILES string of the molecule is CCOc1ccc(NCCCc2ccccc2)cn1. The number of rotatable bonds is 7. The molecule has 1 aromatic heterocycles. The van der Waals surface area contributed by atoms with Crippen molar-refractivity contribution in [3.63, 3.8) is 0 Å². The van der Waals surface area contributed by atoms with Gasteiger partial charge < -0.3 is 10.1 Å². The highest BCUT2D eigenvalue weighted by atomic mass is 16.5. The number of nitrogens with zero attached hydrogens (tertiary/aromatic N) is 1. The topological polar surface area (TPSA) is 34.1 Å². The van der Waals surface area contributed by atoms with Crippen LogP contribution in [0, 0.1) is 0 Å². The normalized spacial score (nSPS) is 10.2. The van der Waals surface area contributed by atoms with Gasteiger partial charge in [0.25, 0.3) is 0 Å². The van der Waals surface area contributed by atoms with Gasteiger partial charge in [-0.15, -0.1) is 0 Å². The minimum Gasteiger partial charge on any atom is -0.478 e. The molecule has 0 bridgehead atoms. The van der Waals surface area contributed by atoms with Crippen LogP contribution in [0.4, 0.5) is 5.69 Å². The molecule has 0 saturated heterocycles. The second-order valence-electron chi connectivity index (χ2n) is 4.33. The van der Waals surface area contributed by atoms with E-state index in [9.17, 15) is 0 Å². The van der Waals surface area contributed by atoms with Crippen LogP contribution in [0.2, 0.25) is 0 Å². The summed E-state index contributed by atoms with van der Waals surface area (Å²) in [4.78, 5) is 4.22. The number of nitrogens with one attached hydrogen (secondary N) is 1. The van der Waals surface area contributed by atoms with Crippen LogP contribution in [0.15, 0.2) is 48.7 Å². The molecule has 0 unspecified atom stereocenters. The van der Waals surface area contributed by atoms with Gasteiger partial charge in [0.15, 0.2) is 0 Å². The van der Waals surface area contributed by atoms with Crippen molar-refractivity contribution in [3.05, 3.63) is 54.2 Å². The molecule has 2 aromatic rings. The second-order valence-corrected chi connectivity index (χ2v) is 4.33. The van der Waals surface area contributed by atoms with E-state index in [1.807, 2.05) is 31.3 Å². The maximum atomic E-state index is 5.31. The fraction of sp³-hybridized carbons (Fsp3) is 0.312. The summed E-state index contributed by atoms with van der Waals surface area (Å²) < 4.78 is 5.31. The van der Waals surface area contributed by atoms with Crippen LogP contribution in [-0.4, -0.2) is 18.1 Å². The summed E-state index contributed by atoms with van der Waals surface area (Å²) in [7, 11) is 0. The van der Waals surface area contributed by atoms with E-state index < -0.39 is 0 Å². The molecule has 0 radical (unpaired) electrons. The minimum absolute atomic E-state index is 0.650. The van der Waals surface area contributed by atoms with Gasteiger partial charge in [-0.05, 0) is 31.4 Å². The number of pyridine rings is 1. The summed E-state index contributed by atoms with van der Waals surface area (Å²) >= 11 is 0. The van der Waals surface area contributed by atoms with Crippen LogP contribution in [0.5, 0.6) is 5.88 Å². The number of hydrogen-bond acceptors (Lipinski definition) is 3. The summed E-state index contributed by atoms with van der Waals surface area (Å²) in [6.07, 6.45) is 4.02. The van der Waals surface area contributed by atoms with Crippen LogP contribution < -0.4 is 10.1 Å². The molecule has 1 aromatic carbocycles. The Morgan fingerprint density at radius 2 is 1.95 bits per heavy atom. The minimum atomic E-state index is 0.650. The van der Waals surface area contributed by atoms with Crippen LogP contribution in [0.3, 0.4) is 0 Å². The molecule has 19 heavy (non-hydrogen) atoms. The van der Waals surface area contributed by atoms with E-state index in [1.165, 1.54) is 5.56 Å². The van der Waals surface area contributed by atoms with E-state index in [1.54, 1.807) is 0 Å². The van der Waals surface area contributed by atoms with Crippen molar-refractivity contribution in [2.24, 2.45) is 0 Å². The molecule has 0 aliphatic rings. The third-order valence-corrected chi connectivity index (χ3v) is 2.84. The predicted octanol–water partition coefficient (Wildman–Crippen LogP) is 3.53. The second kappa shape index (κ2) is 7.41. The molecule has 1 N–H and O–H groups in total. The van der Waals surface area contributed by atoms with Crippen LogP contribution in [-0.2, 0) is 6.42 Å². The smallest absolute Gasteiger partial charge is 0.213 e. The molecule has 1 heterocycles. The van der Waals surface area contributed by atoms with Crippen molar-refractivity contribution in [1.82, 2.24) is 4.98 Å². The molecule has 0 amide bonds. The van der Waals surface area contributed by atoms with E-state index in [4.69, 9.17) is 4.74 Å². The van der Waals surface area contributed by atoms with Crippen molar-refractivity contribution in [2.75, 3.05) is 18.5 Å². The third kappa shape index (κ3) is 4.62. The monoisotopic (exact) mass is 256 g/mol. The highest BCUT2D eigenvalue weighted by molar-refractivity contribution is 5.41. The molecule has 0 saturated carbocycles. The predicted molar refractivity (Wildman–Crippen MR) is 78.7 cm³/mol. The first-order valence-corrected chi connectivity index (χ1v) is 6.75. The zero-order valence-corrected chi connectivity index (χ0v) is 11.3. The summed E-state index contributed by atoms with van der Waals surface area (Å²) in [6.45, 7) is 3.55. The van der Waals surface area contributed by atoms with Gasteiger partial charge in [0.05, 0.1) is 18.5 Å². The molecular formula is C16H20N2O. The lowest BCUT2D eigenvalue weighted by molar-refractivity contribution is 0.327. The Kier molecular flexibility index (Phi) is 5.23. The number of hydrogen-bond donors (Lipinski definition) is 1. The van der Waals surface area contributed by atoms with Gasteiger partial charge in [-0.25, -0.2) is 4.98 Å². The Labute approximate surface area is 114 Å². The van der Waals surface area contributed by atoms with Gasteiger partial charge in [-0.2, -0.15) is 0 Å². The first-order chi connectivity index (χ1) is 9.38. The lowest BCUT2D eigenvalue weighted by Gasteiger charge is -2.07. The molecule has 2 rings (SSSR count). The Bertz CT molecular complexity index is 468. The van der Waals surface area contributed by atoms with E-state index in [-0.39, 0.29) is 0 Å². The molecular weight excluding hydrogens is 236 g/mol. The number of aryl methyl sites for hydroxylation is 1. The van der Waals surface area contributed by atoms with E-state index >= 15 is 0 Å². The quantitative estimate of drug-likeness (QED) is 0.770. The first kappa shape index (κ1) is 13.4. The maximum absolute atomic E-state index is 5.31. The van der Waals surface area contributed by atoms with Gasteiger partial charge in [0, 0.05) is 12.6 Å². The molecule has 3 nitrogen and oxygen atoms in total. The largest absolute Gasteiger partial charge is 0.478 e. The highest BCUT2D eigenvalue weighted by Gasteiger charge is 1.96. The summed E-state index contributed by atoms with van der Waals surface area (Å²) in [5, 5.41) is 3.37. The molecule has 0 aliphatic carbocycles. The molecule has 0 atom stereocenters. The lowest BCUT2D eigenvalue weighted by Crippen LogP contribution is -2.03. The Hall–Kier alpha value is -2.03. The van der Waals surface area contributed by atoms with Gasteiger partial charge >= 0.3 is 0 Å². The van der Waals surface area contributed by atoms with E-state index in [0.717, 1.165) is 25.1 Å². The summed E-state index contributed by atoms with van der Waals surface area (Å²) in [5.74, 6) is 0.678. The maximum Gasteiger partial charge on any atom is 0.213 e. The van der Waals surface area contributed by atoms with Crippen molar-refractivity contribution in [1.29, 1.82) is 0 Å². The zero-order valence-electron chi connectivity index (χ0n) is 11.3. The Balaban J connectivity index is 1.70. The molecule has 3 heteroatoms. The number of benzene rings is 1. The van der Waals surface area contributed by atoms with Gasteiger partial charge in [-0.1, -0.05) is 30.3 Å². The van der Waals surface area contributed by atoms with E-state index in [2.05, 4.69) is 34.6 Å². The zero-order chi connectivity index (χ0) is 13.3. The third-order valence-electron chi connectivity index (χ3n) is 2.84. The molecule has 0 spiro atoms. The average Bonchev–Trinajstić information content (AvgIpc) is 2.47. The van der Waals surface area contributed by atoms with Crippen LogP contribution in [0.25, 0.3) is 0 Å². The standard InChI is InChI=1S/C16H20N2O/c1-2-19-16-11-10-15(13-18-16)17-12-6-9-14-7-4-3-5-8-14/h3-5,7-8,10-11,13,17H,2,6,9,12H2,1H3. The van der Waals surface area contributed by atoms with Crippen molar-refractivity contribution < 1.29 is 4.74 Å². The molecule has 100 valence electrons. The Morgan fingerprint density at radius 1 is 1.11 bits per heavy atom. The Morgan fingerprint density at radius 3 is 2.63 bits per heavy atom. The fourth-order valence-electron chi connectivity index (χ4n) is 1.89. The number of aromatic nitrogens is 1. The van der Waals surface area contributed by atoms with Crippen LogP contribution >= 0.6 is 0 Å². The summed E-state index contributed by atoms with van der Waals surface area (Å²) in [5.41, 5.74) is 2.42. The molecule has 0 fully saturated rings. The van der Waals surface area contributed by atoms with Gasteiger partial charge in [-0.3, -0.25) is 0 Å². The number of anilines is 1.